The van der Waals surface area contributed by atoms with Crippen LogP contribution in [0.5, 0.6) is 0 Å². The highest BCUT2D eigenvalue weighted by Crippen LogP contribution is 2.35. The van der Waals surface area contributed by atoms with E-state index in [-0.39, 0.29) is 12.1 Å². The molecule has 0 unspecified atom stereocenters. The lowest BCUT2D eigenvalue weighted by molar-refractivity contribution is 0.0412. The summed E-state index contributed by atoms with van der Waals surface area (Å²) >= 11 is 2.27. The summed E-state index contributed by atoms with van der Waals surface area (Å²) in [5.41, 5.74) is 7.16. The van der Waals surface area contributed by atoms with Crippen molar-refractivity contribution in [2.45, 2.75) is 31.4 Å². The van der Waals surface area contributed by atoms with Gasteiger partial charge in [-0.15, -0.1) is 0 Å². The van der Waals surface area contributed by atoms with Crippen LogP contribution in [0.15, 0.2) is 24.3 Å². The first-order chi connectivity index (χ1) is 7.20. The summed E-state index contributed by atoms with van der Waals surface area (Å²) in [5, 5.41) is 10.1. The van der Waals surface area contributed by atoms with Crippen LogP contribution in [0.1, 0.15) is 30.9 Å². The quantitative estimate of drug-likeness (QED) is 0.841. The molecule has 3 heteroatoms. The Morgan fingerprint density at radius 1 is 1.33 bits per heavy atom. The number of nitrogens with two attached hydrogens (primary N) is 1. The van der Waals surface area contributed by atoms with Crippen LogP contribution in [0.4, 0.5) is 0 Å². The fourth-order valence-corrected chi connectivity index (χ4v) is 2.75. The summed E-state index contributed by atoms with van der Waals surface area (Å²) in [6.07, 6.45) is 3.10. The average Bonchev–Trinajstić information content (AvgIpc) is 2.15. The van der Waals surface area contributed by atoms with E-state index in [1.165, 1.54) is 6.42 Å². The predicted molar refractivity (Wildman–Crippen MR) is 69.4 cm³/mol. The molecule has 2 atom stereocenters. The highest BCUT2D eigenvalue weighted by molar-refractivity contribution is 14.1. The normalized spacial score (nSPS) is 20.7. The summed E-state index contributed by atoms with van der Waals surface area (Å²) in [4.78, 5) is 0. The minimum atomic E-state index is -0.380. The monoisotopic (exact) mass is 317 g/mol. The van der Waals surface area contributed by atoms with E-state index in [0.717, 1.165) is 22.0 Å². The van der Waals surface area contributed by atoms with Crippen LogP contribution in [0.2, 0.25) is 0 Å². The number of benzene rings is 1. The number of aliphatic hydroxyl groups excluding tert-OH is 1. The first-order valence-corrected chi connectivity index (χ1v) is 6.46. The zero-order valence-corrected chi connectivity index (χ0v) is 10.7. The average molecular weight is 317 g/mol. The zero-order chi connectivity index (χ0) is 10.8. The molecule has 15 heavy (non-hydrogen) atoms. The molecule has 0 spiro atoms. The first kappa shape index (κ1) is 11.4. The molecule has 2 nitrogen and oxygen atoms in total. The molecule has 1 aromatic rings. The summed E-state index contributed by atoms with van der Waals surface area (Å²) in [5.74, 6) is 0.413. The summed E-state index contributed by atoms with van der Waals surface area (Å²) in [6, 6.07) is 7.78. The van der Waals surface area contributed by atoms with E-state index in [1.54, 1.807) is 0 Å². The van der Waals surface area contributed by atoms with Gasteiger partial charge in [0, 0.05) is 3.57 Å². The van der Waals surface area contributed by atoms with Gasteiger partial charge in [0.1, 0.15) is 0 Å². The molecule has 0 aromatic heterocycles. The smallest absolute Gasteiger partial charge is 0.0761 e. The molecule has 0 amide bonds. The lowest BCUT2D eigenvalue weighted by Crippen LogP contribution is -2.36. The Hall–Kier alpha value is -0.130. The fraction of sp³-hybridized carbons (Fsp3) is 0.500. The van der Waals surface area contributed by atoms with Crippen LogP contribution in [0.3, 0.4) is 0 Å². The van der Waals surface area contributed by atoms with Crippen LogP contribution >= 0.6 is 22.6 Å². The minimum Gasteiger partial charge on any atom is -0.391 e. The van der Waals surface area contributed by atoms with Crippen molar-refractivity contribution >= 4 is 22.6 Å². The lowest BCUT2D eigenvalue weighted by atomic mass is 9.77. The van der Waals surface area contributed by atoms with E-state index in [1.807, 2.05) is 24.3 Å². The maximum atomic E-state index is 10.1. The highest BCUT2D eigenvalue weighted by Gasteiger charge is 2.31. The van der Waals surface area contributed by atoms with E-state index in [2.05, 4.69) is 22.6 Å². The van der Waals surface area contributed by atoms with Gasteiger partial charge >= 0.3 is 0 Å². The summed E-state index contributed by atoms with van der Waals surface area (Å²) < 4.78 is 1.14. The van der Waals surface area contributed by atoms with Crippen LogP contribution in [-0.2, 0) is 0 Å². The van der Waals surface area contributed by atoms with Gasteiger partial charge in [-0.1, -0.05) is 24.6 Å². The van der Waals surface area contributed by atoms with Crippen LogP contribution in [0.25, 0.3) is 0 Å². The van der Waals surface area contributed by atoms with Gasteiger partial charge in [0.15, 0.2) is 0 Å². The number of aliphatic hydroxyl groups is 1. The molecule has 1 aliphatic carbocycles. The second-order valence-corrected chi connectivity index (χ2v) is 5.39. The number of rotatable bonds is 3. The SMILES string of the molecule is N[C@H](c1ccccc1I)[C@@H](O)C1CCC1. The van der Waals surface area contributed by atoms with Crippen molar-refractivity contribution in [2.24, 2.45) is 11.7 Å². The predicted octanol–water partition coefficient (Wildman–Crippen LogP) is 2.45. The number of halogens is 1. The van der Waals surface area contributed by atoms with Crippen molar-refractivity contribution in [3.05, 3.63) is 33.4 Å². The molecule has 0 heterocycles. The topological polar surface area (TPSA) is 46.2 Å². The van der Waals surface area contributed by atoms with E-state index < -0.39 is 0 Å². The van der Waals surface area contributed by atoms with Gasteiger partial charge in [-0.3, -0.25) is 0 Å². The molecule has 0 bridgehead atoms. The molecule has 1 aliphatic rings. The molecule has 1 aromatic carbocycles. The molecule has 1 saturated carbocycles. The number of hydrogen-bond donors (Lipinski definition) is 2. The number of hydrogen-bond acceptors (Lipinski definition) is 2. The van der Waals surface area contributed by atoms with E-state index in [4.69, 9.17) is 5.73 Å². The molecule has 82 valence electrons. The van der Waals surface area contributed by atoms with Crippen LogP contribution in [-0.4, -0.2) is 11.2 Å². The van der Waals surface area contributed by atoms with Crippen molar-refractivity contribution in [1.29, 1.82) is 0 Å². The third-order valence-electron chi connectivity index (χ3n) is 3.27. The fourth-order valence-electron chi connectivity index (χ4n) is 2.00. The molecule has 1 fully saturated rings. The molecule has 0 aliphatic heterocycles. The van der Waals surface area contributed by atoms with Gasteiger partial charge < -0.3 is 10.8 Å². The molecular formula is C12H16INO. The van der Waals surface area contributed by atoms with Crippen molar-refractivity contribution in [3.63, 3.8) is 0 Å². The van der Waals surface area contributed by atoms with Crippen molar-refractivity contribution in [1.82, 2.24) is 0 Å². The second-order valence-electron chi connectivity index (χ2n) is 4.23. The van der Waals surface area contributed by atoms with E-state index >= 15 is 0 Å². The maximum Gasteiger partial charge on any atom is 0.0761 e. The van der Waals surface area contributed by atoms with Gasteiger partial charge in [-0.25, -0.2) is 0 Å². The summed E-state index contributed by atoms with van der Waals surface area (Å²) in [7, 11) is 0. The second kappa shape index (κ2) is 4.80. The van der Waals surface area contributed by atoms with Crippen LogP contribution < -0.4 is 5.73 Å². The van der Waals surface area contributed by atoms with Gasteiger partial charge in [-0.05, 0) is 53.0 Å². The van der Waals surface area contributed by atoms with Crippen molar-refractivity contribution in [3.8, 4) is 0 Å². The lowest BCUT2D eigenvalue weighted by Gasteiger charge is -2.34. The Morgan fingerprint density at radius 2 is 2.00 bits per heavy atom. The van der Waals surface area contributed by atoms with E-state index in [0.29, 0.717) is 5.92 Å². The Kier molecular flexibility index (Phi) is 3.64. The highest BCUT2D eigenvalue weighted by atomic mass is 127. The third-order valence-corrected chi connectivity index (χ3v) is 4.25. The van der Waals surface area contributed by atoms with Crippen molar-refractivity contribution in [2.75, 3.05) is 0 Å². The minimum absolute atomic E-state index is 0.233. The van der Waals surface area contributed by atoms with Gasteiger partial charge in [0.2, 0.25) is 0 Å². The standard InChI is InChI=1S/C12H16INO/c13-10-7-2-1-6-9(10)11(14)12(15)8-4-3-5-8/h1-2,6-8,11-12,15H,3-5,14H2/t11-,12+/m1/s1. The molecule has 0 saturated heterocycles. The Labute approximate surface area is 104 Å². The molecule has 0 radical (unpaired) electrons. The molecular weight excluding hydrogens is 301 g/mol. The Bertz CT molecular complexity index is 338. The largest absolute Gasteiger partial charge is 0.391 e. The Morgan fingerprint density at radius 3 is 2.53 bits per heavy atom. The van der Waals surface area contributed by atoms with Crippen molar-refractivity contribution < 1.29 is 5.11 Å². The Balaban J connectivity index is 2.12. The van der Waals surface area contributed by atoms with Gasteiger partial charge in [0.05, 0.1) is 12.1 Å². The third kappa shape index (κ3) is 2.34. The molecule has 2 rings (SSSR count). The van der Waals surface area contributed by atoms with Gasteiger partial charge in [-0.2, -0.15) is 0 Å². The van der Waals surface area contributed by atoms with Gasteiger partial charge in [0.25, 0.3) is 0 Å². The zero-order valence-electron chi connectivity index (χ0n) is 8.57. The van der Waals surface area contributed by atoms with Crippen LogP contribution in [0, 0.1) is 9.49 Å². The first-order valence-electron chi connectivity index (χ1n) is 5.38. The maximum absolute atomic E-state index is 10.1. The summed E-state index contributed by atoms with van der Waals surface area (Å²) in [6.45, 7) is 0. The van der Waals surface area contributed by atoms with E-state index in [9.17, 15) is 5.11 Å². The molecule has 3 N–H and O–H groups in total.